The highest BCUT2D eigenvalue weighted by Gasteiger charge is 2.23. The van der Waals surface area contributed by atoms with E-state index < -0.39 is 15.3 Å². The van der Waals surface area contributed by atoms with E-state index in [0.29, 0.717) is 15.6 Å². The van der Waals surface area contributed by atoms with Crippen molar-refractivity contribution in [2.75, 3.05) is 16.9 Å². The number of nitrogens with one attached hydrogen (secondary N) is 2. The highest BCUT2D eigenvalue weighted by Crippen LogP contribution is 2.29. The van der Waals surface area contributed by atoms with E-state index in [9.17, 15) is 18.0 Å². The van der Waals surface area contributed by atoms with Crippen LogP contribution in [0.25, 0.3) is 0 Å². The number of carbonyl (C=O) groups is 2. The molecule has 0 radical (unpaired) electrons. The van der Waals surface area contributed by atoms with Crippen LogP contribution in [0, 0.1) is 12.3 Å². The maximum absolute atomic E-state index is 12.5. The third kappa shape index (κ3) is 4.92. The fourth-order valence-electron chi connectivity index (χ4n) is 2.06. The van der Waals surface area contributed by atoms with Crippen LogP contribution < -0.4 is 10.6 Å². The number of benzene rings is 1. The normalized spacial score (nSPS) is 11.9. The molecular weight excluding hydrogens is 372 g/mol. The minimum Gasteiger partial charge on any atom is -0.321 e. The summed E-state index contributed by atoms with van der Waals surface area (Å²) in [6.45, 7) is 7.21. The Morgan fingerprint density at radius 2 is 1.73 bits per heavy atom. The molecule has 0 spiro atoms. The molecule has 6 nitrogen and oxygen atoms in total. The molecule has 0 unspecified atom stereocenters. The molecule has 2 amide bonds. The molecule has 0 bridgehead atoms. The van der Waals surface area contributed by atoms with Crippen molar-refractivity contribution in [3.8, 4) is 0 Å². The first kappa shape index (κ1) is 20.1. The van der Waals surface area contributed by atoms with Gasteiger partial charge in [-0.25, -0.2) is 8.42 Å². The summed E-state index contributed by atoms with van der Waals surface area (Å²) in [7, 11) is -3.35. The minimum atomic E-state index is -3.35. The highest BCUT2D eigenvalue weighted by atomic mass is 32.2. The molecule has 0 saturated carbocycles. The van der Waals surface area contributed by atoms with Crippen LogP contribution in [-0.2, 0) is 14.6 Å². The molecule has 0 aliphatic carbocycles. The summed E-state index contributed by atoms with van der Waals surface area (Å²) < 4.78 is 23.3. The molecule has 0 aliphatic heterocycles. The van der Waals surface area contributed by atoms with E-state index in [2.05, 4.69) is 10.6 Å². The molecule has 140 valence electrons. The Hall–Kier alpha value is -2.19. The Balaban J connectivity index is 2.20. The number of amides is 2. The molecule has 2 N–H and O–H groups in total. The van der Waals surface area contributed by atoms with Gasteiger partial charge in [-0.1, -0.05) is 26.8 Å². The summed E-state index contributed by atoms with van der Waals surface area (Å²) in [5.74, 6) is -0.485. The molecule has 1 aromatic carbocycles. The van der Waals surface area contributed by atoms with Gasteiger partial charge < -0.3 is 10.6 Å². The Bertz CT molecular complexity index is 954. The van der Waals surface area contributed by atoms with E-state index in [4.69, 9.17) is 0 Å². The Labute approximate surface area is 157 Å². The molecule has 26 heavy (non-hydrogen) atoms. The summed E-state index contributed by atoms with van der Waals surface area (Å²) in [6, 6.07) is 7.83. The molecule has 2 rings (SSSR count). The average Bonchev–Trinajstić information content (AvgIpc) is 2.86. The minimum absolute atomic E-state index is 0.133. The second-order valence-electron chi connectivity index (χ2n) is 7.08. The molecule has 0 fully saturated rings. The van der Waals surface area contributed by atoms with Crippen molar-refractivity contribution in [1.29, 1.82) is 0 Å². The second-order valence-corrected chi connectivity index (χ2v) is 10.1. The summed E-state index contributed by atoms with van der Waals surface area (Å²) in [5, 5.41) is 6.11. The maximum Gasteiger partial charge on any atom is 0.266 e. The monoisotopic (exact) mass is 394 g/mol. The molecule has 0 atom stereocenters. The van der Waals surface area contributed by atoms with Gasteiger partial charge in [-0.05, 0) is 36.8 Å². The van der Waals surface area contributed by atoms with Crippen molar-refractivity contribution in [3.05, 3.63) is 40.8 Å². The number of anilines is 2. The summed E-state index contributed by atoms with van der Waals surface area (Å²) in [6.07, 6.45) is 1.11. The average molecular weight is 395 g/mol. The first-order valence-electron chi connectivity index (χ1n) is 7.91. The molecule has 1 aromatic heterocycles. The van der Waals surface area contributed by atoms with E-state index in [0.717, 1.165) is 11.8 Å². The Morgan fingerprint density at radius 3 is 2.31 bits per heavy atom. The van der Waals surface area contributed by atoms with E-state index in [1.54, 1.807) is 25.1 Å². The molecule has 8 heteroatoms. The zero-order chi connectivity index (χ0) is 19.7. The largest absolute Gasteiger partial charge is 0.321 e. The van der Waals surface area contributed by atoms with E-state index in [1.807, 2.05) is 20.8 Å². The lowest BCUT2D eigenvalue weighted by Gasteiger charge is -2.16. The third-order valence-electron chi connectivity index (χ3n) is 3.56. The zero-order valence-electron chi connectivity index (χ0n) is 15.3. The first-order valence-corrected chi connectivity index (χ1v) is 10.6. The van der Waals surface area contributed by atoms with Crippen LogP contribution in [0.2, 0.25) is 0 Å². The van der Waals surface area contributed by atoms with Crippen molar-refractivity contribution in [1.82, 2.24) is 0 Å². The van der Waals surface area contributed by atoms with Crippen molar-refractivity contribution < 1.29 is 18.0 Å². The van der Waals surface area contributed by atoms with Gasteiger partial charge in [0.15, 0.2) is 9.84 Å². The number of sulfone groups is 1. The predicted molar refractivity (Wildman–Crippen MR) is 105 cm³/mol. The SMILES string of the molecule is Cc1cc(NC(=O)C(C)(C)C)sc1C(=O)Nc1cccc(S(C)(=O)=O)c1. The van der Waals surface area contributed by atoms with Gasteiger partial charge in [-0.2, -0.15) is 0 Å². The predicted octanol–water partition coefficient (Wildman–Crippen LogP) is 3.70. The molecular formula is C18H22N2O4S2. The van der Waals surface area contributed by atoms with Gasteiger partial charge in [0.25, 0.3) is 5.91 Å². The molecule has 1 heterocycles. The van der Waals surface area contributed by atoms with Crippen LogP contribution in [0.3, 0.4) is 0 Å². The van der Waals surface area contributed by atoms with Crippen LogP contribution in [0.5, 0.6) is 0 Å². The van der Waals surface area contributed by atoms with Crippen molar-refractivity contribution in [2.24, 2.45) is 5.41 Å². The fourth-order valence-corrected chi connectivity index (χ4v) is 3.69. The van der Waals surface area contributed by atoms with Crippen LogP contribution in [0.4, 0.5) is 10.7 Å². The fraction of sp³-hybridized carbons (Fsp3) is 0.333. The molecule has 0 aliphatic rings. The van der Waals surface area contributed by atoms with Crippen molar-refractivity contribution >= 4 is 43.7 Å². The van der Waals surface area contributed by atoms with Gasteiger partial charge >= 0.3 is 0 Å². The Kier molecular flexibility index (Phi) is 5.58. The topological polar surface area (TPSA) is 92.3 Å². The number of hydrogen-bond acceptors (Lipinski definition) is 5. The lowest BCUT2D eigenvalue weighted by molar-refractivity contribution is -0.123. The number of thiophene rings is 1. The Morgan fingerprint density at radius 1 is 1.08 bits per heavy atom. The van der Waals surface area contributed by atoms with Crippen LogP contribution in [0.15, 0.2) is 35.2 Å². The standard InChI is InChI=1S/C18H22N2O4S2/c1-11-9-14(20-17(22)18(2,3)4)25-15(11)16(21)19-12-7-6-8-13(10-12)26(5,23)24/h6-10H,1-5H3,(H,19,21)(H,20,22). The summed E-state index contributed by atoms with van der Waals surface area (Å²) >= 11 is 1.18. The highest BCUT2D eigenvalue weighted by molar-refractivity contribution is 7.90. The van der Waals surface area contributed by atoms with Crippen molar-refractivity contribution in [3.63, 3.8) is 0 Å². The smallest absolute Gasteiger partial charge is 0.266 e. The van der Waals surface area contributed by atoms with Gasteiger partial charge in [0.1, 0.15) is 0 Å². The maximum atomic E-state index is 12.5. The number of rotatable bonds is 4. The van der Waals surface area contributed by atoms with Gasteiger partial charge in [0.05, 0.1) is 14.8 Å². The van der Waals surface area contributed by atoms with Gasteiger partial charge in [-0.15, -0.1) is 11.3 Å². The van der Waals surface area contributed by atoms with E-state index in [1.165, 1.54) is 23.5 Å². The van der Waals surface area contributed by atoms with Crippen LogP contribution in [-0.4, -0.2) is 26.5 Å². The van der Waals surface area contributed by atoms with E-state index in [-0.39, 0.29) is 16.7 Å². The quantitative estimate of drug-likeness (QED) is 0.827. The number of hydrogen-bond donors (Lipinski definition) is 2. The van der Waals surface area contributed by atoms with Crippen molar-refractivity contribution in [2.45, 2.75) is 32.6 Å². The second kappa shape index (κ2) is 7.20. The summed E-state index contributed by atoms with van der Waals surface area (Å²) in [5.41, 5.74) is 0.592. The van der Waals surface area contributed by atoms with Crippen LogP contribution in [0.1, 0.15) is 36.0 Å². The van der Waals surface area contributed by atoms with Gasteiger partial charge in [0.2, 0.25) is 5.91 Å². The summed E-state index contributed by atoms with van der Waals surface area (Å²) in [4.78, 5) is 25.2. The van der Waals surface area contributed by atoms with E-state index >= 15 is 0 Å². The lowest BCUT2D eigenvalue weighted by atomic mass is 9.96. The zero-order valence-corrected chi connectivity index (χ0v) is 17.0. The van der Waals surface area contributed by atoms with Gasteiger partial charge in [0, 0.05) is 17.4 Å². The first-order chi connectivity index (χ1) is 11.9. The molecule has 0 saturated heterocycles. The number of carbonyl (C=O) groups excluding carboxylic acids is 2. The molecule has 2 aromatic rings. The van der Waals surface area contributed by atoms with Gasteiger partial charge in [-0.3, -0.25) is 9.59 Å². The van der Waals surface area contributed by atoms with Crippen LogP contribution >= 0.6 is 11.3 Å². The third-order valence-corrected chi connectivity index (χ3v) is 5.82. The lowest BCUT2D eigenvalue weighted by Crippen LogP contribution is -2.27. The number of aryl methyl sites for hydroxylation is 1.